The number of fused-ring (bicyclic) bond motifs is 1. The zero-order valence-electron chi connectivity index (χ0n) is 9.98. The maximum Gasteiger partial charge on any atom is 0.255 e. The molecule has 0 aliphatic rings. The lowest BCUT2D eigenvalue weighted by Gasteiger charge is -2.20. The molecule has 0 aliphatic heterocycles. The number of halogens is 2. The molecular formula is C13H14F2N2O. The first-order valence-electron chi connectivity index (χ1n) is 5.60. The first kappa shape index (κ1) is 12.7. The Morgan fingerprint density at radius 2 is 1.94 bits per heavy atom. The number of aliphatic hydroxyl groups excluding tert-OH is 1. The zero-order chi connectivity index (χ0) is 13.1. The number of pyridine rings is 1. The van der Waals surface area contributed by atoms with Gasteiger partial charge in [0.2, 0.25) is 0 Å². The minimum absolute atomic E-state index is 0.119. The van der Waals surface area contributed by atoms with Gasteiger partial charge in [-0.05, 0) is 5.39 Å². The van der Waals surface area contributed by atoms with E-state index in [9.17, 15) is 13.9 Å². The molecule has 5 heteroatoms. The van der Waals surface area contributed by atoms with Crippen molar-refractivity contribution in [3.05, 3.63) is 36.0 Å². The fourth-order valence-electron chi connectivity index (χ4n) is 1.96. The SMILES string of the molecule is CN(CC(F)F)c1ncc(CO)c2ccccc12. The van der Waals surface area contributed by atoms with E-state index in [4.69, 9.17) is 0 Å². The predicted molar refractivity (Wildman–Crippen MR) is 66.9 cm³/mol. The molecule has 0 bridgehead atoms. The van der Waals surface area contributed by atoms with Crippen LogP contribution in [0.3, 0.4) is 0 Å². The molecule has 1 N–H and O–H groups in total. The van der Waals surface area contributed by atoms with E-state index in [-0.39, 0.29) is 13.2 Å². The van der Waals surface area contributed by atoms with Gasteiger partial charge in [0, 0.05) is 24.2 Å². The number of alkyl halides is 2. The number of nitrogens with zero attached hydrogens (tertiary/aromatic N) is 2. The smallest absolute Gasteiger partial charge is 0.255 e. The van der Waals surface area contributed by atoms with Crippen LogP contribution < -0.4 is 4.90 Å². The Morgan fingerprint density at radius 1 is 1.28 bits per heavy atom. The van der Waals surface area contributed by atoms with Crippen LogP contribution in [0.5, 0.6) is 0 Å². The second-order valence-electron chi connectivity index (χ2n) is 4.08. The van der Waals surface area contributed by atoms with E-state index < -0.39 is 6.43 Å². The standard InChI is InChI=1S/C13H14F2N2O/c1-17(7-12(14)15)13-11-5-3-2-4-10(11)9(8-18)6-16-13/h2-6,12,18H,7-8H2,1H3. The molecule has 0 spiro atoms. The van der Waals surface area contributed by atoms with Crippen molar-refractivity contribution in [1.82, 2.24) is 4.98 Å². The number of rotatable bonds is 4. The maximum absolute atomic E-state index is 12.4. The average molecular weight is 252 g/mol. The van der Waals surface area contributed by atoms with Gasteiger partial charge in [-0.15, -0.1) is 0 Å². The van der Waals surface area contributed by atoms with Gasteiger partial charge in [-0.25, -0.2) is 13.8 Å². The van der Waals surface area contributed by atoms with Gasteiger partial charge in [-0.3, -0.25) is 0 Å². The van der Waals surface area contributed by atoms with Crippen molar-refractivity contribution in [2.75, 3.05) is 18.5 Å². The molecule has 0 unspecified atom stereocenters. The van der Waals surface area contributed by atoms with Crippen LogP contribution in [0.2, 0.25) is 0 Å². The fourth-order valence-corrected chi connectivity index (χ4v) is 1.96. The van der Waals surface area contributed by atoms with E-state index in [1.54, 1.807) is 7.05 Å². The lowest BCUT2D eigenvalue weighted by Crippen LogP contribution is -2.25. The molecule has 0 amide bonds. The Kier molecular flexibility index (Phi) is 3.72. The van der Waals surface area contributed by atoms with Crippen LogP contribution >= 0.6 is 0 Å². The van der Waals surface area contributed by atoms with Gasteiger partial charge >= 0.3 is 0 Å². The van der Waals surface area contributed by atoms with Gasteiger partial charge in [0.25, 0.3) is 6.43 Å². The van der Waals surface area contributed by atoms with Crippen LogP contribution in [0, 0.1) is 0 Å². The quantitative estimate of drug-likeness (QED) is 0.907. The molecular weight excluding hydrogens is 238 g/mol. The average Bonchev–Trinajstić information content (AvgIpc) is 2.36. The first-order chi connectivity index (χ1) is 8.63. The van der Waals surface area contributed by atoms with Gasteiger partial charge in [0.05, 0.1) is 13.2 Å². The van der Waals surface area contributed by atoms with Crippen LogP contribution in [-0.4, -0.2) is 30.1 Å². The monoisotopic (exact) mass is 252 g/mol. The summed E-state index contributed by atoms with van der Waals surface area (Å²) in [4.78, 5) is 5.59. The maximum atomic E-state index is 12.4. The van der Waals surface area contributed by atoms with Crippen LogP contribution in [0.15, 0.2) is 30.5 Å². The van der Waals surface area contributed by atoms with Gasteiger partial charge in [0.1, 0.15) is 5.82 Å². The molecule has 18 heavy (non-hydrogen) atoms. The summed E-state index contributed by atoms with van der Waals surface area (Å²) in [5, 5.41) is 10.8. The summed E-state index contributed by atoms with van der Waals surface area (Å²) in [6, 6.07) is 7.34. The molecule has 0 atom stereocenters. The van der Waals surface area contributed by atoms with Crippen molar-refractivity contribution < 1.29 is 13.9 Å². The van der Waals surface area contributed by atoms with E-state index >= 15 is 0 Å². The Labute approximate surface area is 104 Å². The van der Waals surface area contributed by atoms with Crippen LogP contribution in [-0.2, 0) is 6.61 Å². The lowest BCUT2D eigenvalue weighted by atomic mass is 10.1. The van der Waals surface area contributed by atoms with E-state index in [1.807, 2.05) is 24.3 Å². The van der Waals surface area contributed by atoms with Crippen molar-refractivity contribution in [2.24, 2.45) is 0 Å². The van der Waals surface area contributed by atoms with Crippen LogP contribution in [0.4, 0.5) is 14.6 Å². The highest BCUT2D eigenvalue weighted by Gasteiger charge is 2.13. The van der Waals surface area contributed by atoms with Crippen molar-refractivity contribution in [2.45, 2.75) is 13.0 Å². The third-order valence-electron chi connectivity index (χ3n) is 2.80. The summed E-state index contributed by atoms with van der Waals surface area (Å²) in [5.74, 6) is 0.503. The number of aromatic nitrogens is 1. The normalized spacial score (nSPS) is 11.2. The second-order valence-corrected chi connectivity index (χ2v) is 4.08. The lowest BCUT2D eigenvalue weighted by molar-refractivity contribution is 0.156. The zero-order valence-corrected chi connectivity index (χ0v) is 9.98. The molecule has 0 radical (unpaired) electrons. The van der Waals surface area contributed by atoms with Gasteiger partial charge in [-0.1, -0.05) is 24.3 Å². The first-order valence-corrected chi connectivity index (χ1v) is 5.60. The molecule has 96 valence electrons. The van der Waals surface area contributed by atoms with E-state index in [0.29, 0.717) is 11.4 Å². The molecule has 0 saturated heterocycles. The van der Waals surface area contributed by atoms with E-state index in [0.717, 1.165) is 10.8 Å². The van der Waals surface area contributed by atoms with Gasteiger partial charge in [0.15, 0.2) is 0 Å². The Bertz CT molecular complexity index is 546. The van der Waals surface area contributed by atoms with Gasteiger partial charge < -0.3 is 10.0 Å². The minimum atomic E-state index is -2.41. The third kappa shape index (κ3) is 2.41. The Morgan fingerprint density at radius 3 is 2.56 bits per heavy atom. The largest absolute Gasteiger partial charge is 0.392 e. The number of hydrogen-bond donors (Lipinski definition) is 1. The minimum Gasteiger partial charge on any atom is -0.392 e. The number of benzene rings is 1. The molecule has 1 heterocycles. The summed E-state index contributed by atoms with van der Waals surface area (Å²) in [7, 11) is 1.58. The molecule has 2 rings (SSSR count). The molecule has 2 aromatic rings. The Balaban J connectivity index is 2.52. The van der Waals surface area contributed by atoms with Crippen LogP contribution in [0.25, 0.3) is 10.8 Å². The summed E-state index contributed by atoms with van der Waals surface area (Å²) >= 11 is 0. The Hall–Kier alpha value is -1.75. The topological polar surface area (TPSA) is 36.4 Å². The van der Waals surface area contributed by atoms with Crippen molar-refractivity contribution in [3.63, 3.8) is 0 Å². The van der Waals surface area contributed by atoms with E-state index in [2.05, 4.69) is 4.98 Å². The molecule has 0 saturated carbocycles. The van der Waals surface area contributed by atoms with E-state index in [1.165, 1.54) is 11.1 Å². The molecule has 3 nitrogen and oxygen atoms in total. The fraction of sp³-hybridized carbons (Fsp3) is 0.308. The molecule has 1 aromatic heterocycles. The highest BCUT2D eigenvalue weighted by Crippen LogP contribution is 2.26. The van der Waals surface area contributed by atoms with Gasteiger partial charge in [-0.2, -0.15) is 0 Å². The number of anilines is 1. The van der Waals surface area contributed by atoms with Crippen LogP contribution in [0.1, 0.15) is 5.56 Å². The number of hydrogen-bond acceptors (Lipinski definition) is 3. The molecule has 1 aromatic carbocycles. The summed E-state index contributed by atoms with van der Waals surface area (Å²) < 4.78 is 24.8. The third-order valence-corrected chi connectivity index (χ3v) is 2.80. The summed E-state index contributed by atoms with van der Waals surface area (Å²) in [6.45, 7) is -0.484. The second kappa shape index (κ2) is 5.27. The molecule has 0 aliphatic carbocycles. The van der Waals surface area contributed by atoms with Crippen molar-refractivity contribution in [1.29, 1.82) is 0 Å². The highest BCUT2D eigenvalue weighted by molar-refractivity contribution is 5.94. The molecule has 0 fully saturated rings. The summed E-state index contributed by atoms with van der Waals surface area (Å²) in [6.07, 6.45) is -0.882. The summed E-state index contributed by atoms with van der Waals surface area (Å²) in [5.41, 5.74) is 0.694. The van der Waals surface area contributed by atoms with Crippen molar-refractivity contribution in [3.8, 4) is 0 Å². The predicted octanol–water partition coefficient (Wildman–Crippen LogP) is 2.43. The highest BCUT2D eigenvalue weighted by atomic mass is 19.3. The van der Waals surface area contributed by atoms with Crippen molar-refractivity contribution >= 4 is 16.6 Å². The number of aliphatic hydroxyl groups is 1.